The molecular weight excluding hydrogens is 408 g/mol. The minimum atomic E-state index is -0.401. The SMILES string of the molecule is O=c1[nH]c2c(s1)[C@@H](c1ccc(-c3ccc([N+](=O)[O-])cc3)o1)[C@@H]1[C@H]3CC[C@@H](C3)[C@H]1S2. The molecule has 6 nitrogen and oxygen atoms in total. The van der Waals surface area contributed by atoms with Crippen molar-refractivity contribution in [2.75, 3.05) is 0 Å². The lowest BCUT2D eigenvalue weighted by Crippen LogP contribution is -2.33. The van der Waals surface area contributed by atoms with Crippen molar-refractivity contribution < 1.29 is 9.34 Å². The van der Waals surface area contributed by atoms with Gasteiger partial charge in [-0.2, -0.15) is 0 Å². The molecule has 2 bridgehead atoms. The zero-order chi connectivity index (χ0) is 19.7. The number of fused-ring (bicyclic) bond motifs is 6. The Morgan fingerprint density at radius 1 is 1.10 bits per heavy atom. The van der Waals surface area contributed by atoms with E-state index in [1.165, 1.54) is 42.7 Å². The number of furan rings is 1. The zero-order valence-electron chi connectivity index (χ0n) is 15.4. The zero-order valence-corrected chi connectivity index (χ0v) is 17.0. The summed E-state index contributed by atoms with van der Waals surface area (Å²) in [4.78, 5) is 26.8. The Labute approximate surface area is 174 Å². The van der Waals surface area contributed by atoms with Crippen LogP contribution in [0.1, 0.15) is 35.8 Å². The number of nitrogens with one attached hydrogen (secondary N) is 1. The number of benzene rings is 1. The first-order chi connectivity index (χ1) is 14.1. The molecule has 0 amide bonds. The van der Waals surface area contributed by atoms with Crippen molar-refractivity contribution in [1.82, 2.24) is 4.98 Å². The van der Waals surface area contributed by atoms with Crippen LogP contribution < -0.4 is 4.87 Å². The molecule has 1 aliphatic heterocycles. The summed E-state index contributed by atoms with van der Waals surface area (Å²) in [6, 6.07) is 10.4. The normalized spacial score (nSPS) is 29.6. The van der Waals surface area contributed by atoms with Gasteiger partial charge in [-0.1, -0.05) is 11.3 Å². The van der Waals surface area contributed by atoms with Crippen LogP contribution in [0.3, 0.4) is 0 Å². The van der Waals surface area contributed by atoms with Crippen LogP contribution in [-0.2, 0) is 0 Å². The molecule has 148 valence electrons. The third-order valence-electron chi connectivity index (χ3n) is 6.76. The number of non-ortho nitro benzene ring substituents is 1. The summed E-state index contributed by atoms with van der Waals surface area (Å²) in [5, 5.41) is 12.5. The number of thioether (sulfide) groups is 1. The van der Waals surface area contributed by atoms with Gasteiger partial charge in [-0.05, 0) is 61.3 Å². The van der Waals surface area contributed by atoms with Gasteiger partial charge >= 0.3 is 4.87 Å². The first kappa shape index (κ1) is 17.5. The van der Waals surface area contributed by atoms with E-state index in [0.717, 1.165) is 27.1 Å². The Morgan fingerprint density at radius 3 is 2.69 bits per heavy atom. The maximum absolute atomic E-state index is 12.1. The van der Waals surface area contributed by atoms with E-state index in [2.05, 4.69) is 4.98 Å². The van der Waals surface area contributed by atoms with Crippen LogP contribution in [0.5, 0.6) is 0 Å². The summed E-state index contributed by atoms with van der Waals surface area (Å²) < 4.78 is 6.30. The third-order valence-corrected chi connectivity index (χ3v) is 9.38. The minimum Gasteiger partial charge on any atom is -0.460 e. The highest BCUT2D eigenvalue weighted by Gasteiger charge is 2.55. The van der Waals surface area contributed by atoms with E-state index >= 15 is 0 Å². The van der Waals surface area contributed by atoms with Gasteiger partial charge in [0, 0.05) is 22.9 Å². The van der Waals surface area contributed by atoms with E-state index in [1.807, 2.05) is 23.9 Å². The molecule has 3 aromatic rings. The summed E-state index contributed by atoms with van der Waals surface area (Å²) >= 11 is 3.18. The Hall–Kier alpha value is -2.32. The van der Waals surface area contributed by atoms with Gasteiger partial charge < -0.3 is 9.40 Å². The molecule has 8 heteroatoms. The highest BCUT2D eigenvalue weighted by atomic mass is 32.2. The van der Waals surface area contributed by atoms with Gasteiger partial charge in [0.25, 0.3) is 5.69 Å². The summed E-state index contributed by atoms with van der Waals surface area (Å²) in [5.41, 5.74) is 0.885. The molecule has 29 heavy (non-hydrogen) atoms. The van der Waals surface area contributed by atoms with Crippen molar-refractivity contribution in [2.24, 2.45) is 17.8 Å². The van der Waals surface area contributed by atoms with Gasteiger partial charge in [0.1, 0.15) is 11.5 Å². The molecule has 2 saturated carbocycles. The monoisotopic (exact) mass is 426 g/mol. The summed E-state index contributed by atoms with van der Waals surface area (Å²) in [6.07, 6.45) is 3.85. The number of nitrogens with zero attached hydrogens (tertiary/aromatic N) is 1. The van der Waals surface area contributed by atoms with Crippen molar-refractivity contribution in [1.29, 1.82) is 0 Å². The first-order valence-electron chi connectivity index (χ1n) is 9.82. The summed E-state index contributed by atoms with van der Waals surface area (Å²) in [5.74, 6) is 3.66. The predicted molar refractivity (Wildman–Crippen MR) is 112 cm³/mol. The quantitative estimate of drug-likeness (QED) is 0.456. The lowest BCUT2D eigenvalue weighted by molar-refractivity contribution is -0.384. The fraction of sp³-hybridized carbons (Fsp3) is 0.381. The van der Waals surface area contributed by atoms with Gasteiger partial charge in [0.2, 0.25) is 0 Å². The second-order valence-corrected chi connectivity index (χ2v) is 10.4. The van der Waals surface area contributed by atoms with E-state index < -0.39 is 4.92 Å². The number of rotatable bonds is 3. The number of thiazole rings is 1. The Balaban J connectivity index is 1.41. The van der Waals surface area contributed by atoms with Crippen molar-refractivity contribution >= 4 is 28.8 Å². The Morgan fingerprint density at radius 2 is 1.90 bits per heavy atom. The standard InChI is InChI=1S/C21H18N2O4S2/c24-21-22-20-19(29-21)17(16-11-1-2-12(9-11)18(16)28-20)15-8-7-14(27-15)10-3-5-13(6-4-10)23(25)26/h3-8,11-12,16-18H,1-2,9H2,(H,22,24)/t11-,12-,16-,17-,18+/m0/s1. The fourth-order valence-corrected chi connectivity index (χ4v) is 8.46. The summed E-state index contributed by atoms with van der Waals surface area (Å²) in [6.45, 7) is 0. The highest BCUT2D eigenvalue weighted by Crippen LogP contribution is 2.63. The molecular formula is C21H18N2O4S2. The van der Waals surface area contributed by atoms with Crippen LogP contribution in [-0.4, -0.2) is 15.2 Å². The molecule has 0 saturated heterocycles. The smallest absolute Gasteiger partial charge is 0.305 e. The van der Waals surface area contributed by atoms with E-state index in [9.17, 15) is 14.9 Å². The number of hydrogen-bond acceptors (Lipinski definition) is 6. The molecule has 1 aromatic carbocycles. The maximum atomic E-state index is 12.1. The van der Waals surface area contributed by atoms with Crippen LogP contribution in [0.15, 0.2) is 50.6 Å². The molecule has 2 fully saturated rings. The average Bonchev–Trinajstić information content (AvgIpc) is 3.49. The highest BCUT2D eigenvalue weighted by molar-refractivity contribution is 8.00. The van der Waals surface area contributed by atoms with E-state index in [-0.39, 0.29) is 16.5 Å². The number of nitro groups is 1. The van der Waals surface area contributed by atoms with Crippen LogP contribution in [0.25, 0.3) is 11.3 Å². The molecule has 1 N–H and O–H groups in total. The molecule has 3 heterocycles. The number of aromatic amines is 1. The van der Waals surface area contributed by atoms with Crippen molar-refractivity contribution in [2.45, 2.75) is 35.5 Å². The number of H-pyrrole nitrogens is 1. The van der Waals surface area contributed by atoms with Crippen LogP contribution in [0.2, 0.25) is 0 Å². The second kappa shape index (κ2) is 6.34. The van der Waals surface area contributed by atoms with Gasteiger partial charge in [-0.15, -0.1) is 11.8 Å². The van der Waals surface area contributed by atoms with Crippen LogP contribution in [0, 0.1) is 27.9 Å². The molecule has 0 spiro atoms. The van der Waals surface area contributed by atoms with Crippen molar-refractivity contribution in [3.63, 3.8) is 0 Å². The first-order valence-corrected chi connectivity index (χ1v) is 11.5. The molecule has 5 atom stereocenters. The molecule has 0 unspecified atom stereocenters. The van der Waals surface area contributed by atoms with Crippen LogP contribution in [0.4, 0.5) is 5.69 Å². The number of aromatic nitrogens is 1. The van der Waals surface area contributed by atoms with Gasteiger partial charge in [0.05, 0.1) is 20.7 Å². The predicted octanol–water partition coefficient (Wildman–Crippen LogP) is 5.26. The minimum absolute atomic E-state index is 0.00182. The molecule has 6 rings (SSSR count). The fourth-order valence-electron chi connectivity index (χ4n) is 5.59. The van der Waals surface area contributed by atoms with Gasteiger partial charge in [-0.25, -0.2) is 0 Å². The second-order valence-electron chi connectivity index (χ2n) is 8.18. The molecule has 2 aromatic heterocycles. The lowest BCUT2D eigenvalue weighted by Gasteiger charge is -2.38. The Kier molecular flexibility index (Phi) is 3.83. The largest absolute Gasteiger partial charge is 0.460 e. The summed E-state index contributed by atoms with van der Waals surface area (Å²) in [7, 11) is 0. The third kappa shape index (κ3) is 2.65. The number of nitro benzene ring substituents is 1. The number of hydrogen-bond donors (Lipinski definition) is 1. The topological polar surface area (TPSA) is 89.1 Å². The molecule has 0 radical (unpaired) electrons. The van der Waals surface area contributed by atoms with E-state index in [1.54, 1.807) is 12.1 Å². The lowest BCUT2D eigenvalue weighted by atomic mass is 9.77. The van der Waals surface area contributed by atoms with Crippen LogP contribution >= 0.6 is 23.1 Å². The Bertz CT molecular complexity index is 1160. The maximum Gasteiger partial charge on any atom is 0.305 e. The van der Waals surface area contributed by atoms with Gasteiger partial charge in [0.15, 0.2) is 0 Å². The average molecular weight is 427 g/mol. The van der Waals surface area contributed by atoms with Crippen molar-refractivity contribution in [3.8, 4) is 11.3 Å². The molecule has 3 aliphatic rings. The van der Waals surface area contributed by atoms with E-state index in [4.69, 9.17) is 4.42 Å². The van der Waals surface area contributed by atoms with Gasteiger partial charge in [-0.3, -0.25) is 14.9 Å². The van der Waals surface area contributed by atoms with E-state index in [0.29, 0.717) is 22.8 Å². The molecule has 2 aliphatic carbocycles. The van der Waals surface area contributed by atoms with Crippen molar-refractivity contribution in [3.05, 3.63) is 66.8 Å².